The van der Waals surface area contributed by atoms with E-state index in [0.29, 0.717) is 18.4 Å². The SMILES string of the molecule is C=C(C)C(=O)OCCOC(=O)C1=C(C(=O)CC(C)O)C=CCC1. The van der Waals surface area contributed by atoms with Crippen molar-refractivity contribution in [3.05, 3.63) is 35.5 Å². The van der Waals surface area contributed by atoms with E-state index >= 15 is 0 Å². The molecule has 6 heteroatoms. The number of ether oxygens (including phenoxy) is 2. The van der Waals surface area contributed by atoms with Crippen molar-refractivity contribution in [2.75, 3.05) is 13.2 Å². The fourth-order valence-electron chi connectivity index (χ4n) is 1.99. The molecular weight excluding hydrogens is 300 g/mol. The first-order valence-electron chi connectivity index (χ1n) is 7.43. The van der Waals surface area contributed by atoms with Gasteiger partial charge in [0.15, 0.2) is 5.78 Å². The molecule has 1 aliphatic rings. The lowest BCUT2D eigenvalue weighted by atomic mass is 9.92. The molecule has 0 aromatic carbocycles. The van der Waals surface area contributed by atoms with Crippen LogP contribution in [0.4, 0.5) is 0 Å². The van der Waals surface area contributed by atoms with E-state index in [2.05, 4.69) is 6.58 Å². The van der Waals surface area contributed by atoms with Crippen molar-refractivity contribution in [1.82, 2.24) is 0 Å². The molecule has 6 nitrogen and oxygen atoms in total. The third-order valence-corrected chi connectivity index (χ3v) is 3.10. The molecule has 1 unspecified atom stereocenters. The Hall–Kier alpha value is -2.21. The first-order chi connectivity index (χ1) is 10.8. The summed E-state index contributed by atoms with van der Waals surface area (Å²) in [5, 5.41) is 9.31. The Morgan fingerprint density at radius 2 is 1.96 bits per heavy atom. The molecule has 1 aliphatic carbocycles. The highest BCUT2D eigenvalue weighted by molar-refractivity contribution is 6.06. The van der Waals surface area contributed by atoms with E-state index < -0.39 is 18.0 Å². The normalized spacial score (nSPS) is 15.1. The zero-order valence-electron chi connectivity index (χ0n) is 13.5. The van der Waals surface area contributed by atoms with Crippen molar-refractivity contribution < 1.29 is 29.0 Å². The maximum absolute atomic E-state index is 12.1. The summed E-state index contributed by atoms with van der Waals surface area (Å²) in [6, 6.07) is 0. The first-order valence-corrected chi connectivity index (χ1v) is 7.43. The van der Waals surface area contributed by atoms with Gasteiger partial charge < -0.3 is 14.6 Å². The quantitative estimate of drug-likeness (QED) is 0.415. The molecule has 0 aromatic rings. The van der Waals surface area contributed by atoms with Crippen LogP contribution in [0.5, 0.6) is 0 Å². The van der Waals surface area contributed by atoms with Crippen LogP contribution >= 0.6 is 0 Å². The van der Waals surface area contributed by atoms with E-state index in [1.807, 2.05) is 0 Å². The average Bonchev–Trinajstić information content (AvgIpc) is 2.50. The van der Waals surface area contributed by atoms with Gasteiger partial charge in [-0.15, -0.1) is 0 Å². The van der Waals surface area contributed by atoms with Crippen molar-refractivity contribution in [2.45, 2.75) is 39.2 Å². The second kappa shape index (κ2) is 9.05. The summed E-state index contributed by atoms with van der Waals surface area (Å²) in [5.74, 6) is -1.44. The largest absolute Gasteiger partial charge is 0.459 e. The lowest BCUT2D eigenvalue weighted by molar-refractivity contribution is -0.147. The Morgan fingerprint density at radius 1 is 1.30 bits per heavy atom. The summed E-state index contributed by atoms with van der Waals surface area (Å²) in [4.78, 5) is 35.3. The number of esters is 2. The van der Waals surface area contributed by atoms with E-state index in [9.17, 15) is 19.5 Å². The first kappa shape index (κ1) is 18.8. The Bertz CT molecular complexity index is 553. The van der Waals surface area contributed by atoms with Crippen molar-refractivity contribution in [3.63, 3.8) is 0 Å². The van der Waals surface area contributed by atoms with Gasteiger partial charge >= 0.3 is 11.9 Å². The number of hydrogen-bond acceptors (Lipinski definition) is 6. The number of aliphatic hydroxyl groups is 1. The molecule has 0 saturated heterocycles. The zero-order chi connectivity index (χ0) is 17.4. The van der Waals surface area contributed by atoms with Gasteiger partial charge in [0.05, 0.1) is 6.10 Å². The van der Waals surface area contributed by atoms with Gasteiger partial charge in [-0.05, 0) is 26.7 Å². The Labute approximate surface area is 135 Å². The molecule has 126 valence electrons. The fraction of sp³-hybridized carbons (Fsp3) is 0.471. The topological polar surface area (TPSA) is 89.9 Å². The van der Waals surface area contributed by atoms with E-state index in [0.717, 1.165) is 0 Å². The van der Waals surface area contributed by atoms with Gasteiger partial charge in [-0.3, -0.25) is 4.79 Å². The monoisotopic (exact) mass is 322 g/mol. The summed E-state index contributed by atoms with van der Waals surface area (Å²) in [6.07, 6.45) is 3.62. The van der Waals surface area contributed by atoms with Crippen LogP contribution in [-0.4, -0.2) is 42.1 Å². The lowest BCUT2D eigenvalue weighted by Gasteiger charge is -2.15. The van der Waals surface area contributed by atoms with Crippen LogP contribution in [0.3, 0.4) is 0 Å². The van der Waals surface area contributed by atoms with Crippen LogP contribution in [0.2, 0.25) is 0 Å². The molecule has 0 aromatic heterocycles. The minimum atomic E-state index is -0.774. The third kappa shape index (κ3) is 6.20. The molecule has 0 saturated carbocycles. The molecule has 1 N–H and O–H groups in total. The summed E-state index contributed by atoms with van der Waals surface area (Å²) < 4.78 is 9.87. The number of ketones is 1. The van der Waals surface area contributed by atoms with E-state index in [4.69, 9.17) is 9.47 Å². The molecule has 0 spiro atoms. The number of carbonyl (C=O) groups is 3. The molecule has 0 radical (unpaired) electrons. The van der Waals surface area contributed by atoms with Crippen molar-refractivity contribution in [2.24, 2.45) is 0 Å². The fourth-order valence-corrected chi connectivity index (χ4v) is 1.99. The van der Waals surface area contributed by atoms with Crippen LogP contribution in [0.25, 0.3) is 0 Å². The van der Waals surface area contributed by atoms with Crippen LogP contribution in [-0.2, 0) is 23.9 Å². The minimum absolute atomic E-state index is 0.0489. The summed E-state index contributed by atoms with van der Waals surface area (Å²) >= 11 is 0. The van der Waals surface area contributed by atoms with E-state index in [1.165, 1.54) is 13.8 Å². The molecule has 0 fully saturated rings. The van der Waals surface area contributed by atoms with Gasteiger partial charge in [-0.1, -0.05) is 18.7 Å². The van der Waals surface area contributed by atoms with Crippen molar-refractivity contribution in [1.29, 1.82) is 0 Å². The number of Topliss-reactive ketones (excluding diaryl/α,β-unsaturated/α-hetero) is 1. The number of aliphatic hydroxyl groups excluding tert-OH is 1. The molecule has 0 aliphatic heterocycles. The van der Waals surface area contributed by atoms with E-state index in [1.54, 1.807) is 12.2 Å². The number of hydrogen-bond donors (Lipinski definition) is 1. The number of carbonyl (C=O) groups excluding carboxylic acids is 3. The predicted octanol–water partition coefficient (Wildman–Crippen LogP) is 1.64. The molecule has 1 atom stereocenters. The van der Waals surface area contributed by atoms with E-state index in [-0.39, 0.29) is 36.6 Å². The molecule has 0 heterocycles. The van der Waals surface area contributed by atoms with Crippen LogP contribution in [0.1, 0.15) is 33.1 Å². The summed E-state index contributed by atoms with van der Waals surface area (Å²) in [6.45, 7) is 6.31. The van der Waals surface area contributed by atoms with Gasteiger partial charge in [0.2, 0.25) is 0 Å². The van der Waals surface area contributed by atoms with Crippen molar-refractivity contribution >= 4 is 17.7 Å². The van der Waals surface area contributed by atoms with Gasteiger partial charge in [-0.25, -0.2) is 9.59 Å². The summed E-state index contributed by atoms with van der Waals surface area (Å²) in [5.41, 5.74) is 0.841. The van der Waals surface area contributed by atoms with Gasteiger partial charge in [-0.2, -0.15) is 0 Å². The highest BCUT2D eigenvalue weighted by Gasteiger charge is 2.23. The zero-order valence-corrected chi connectivity index (χ0v) is 13.5. The Kier molecular flexibility index (Phi) is 7.41. The second-order valence-corrected chi connectivity index (χ2v) is 5.36. The van der Waals surface area contributed by atoms with Gasteiger partial charge in [0.1, 0.15) is 13.2 Å². The number of allylic oxidation sites excluding steroid dienone is 3. The standard InChI is InChI=1S/C17H22O6/c1-11(2)16(20)22-8-9-23-17(21)14-7-5-4-6-13(14)15(19)10-12(3)18/h4,6,12,18H,1,5,7-10H2,2-3H3. The Morgan fingerprint density at radius 3 is 2.57 bits per heavy atom. The van der Waals surface area contributed by atoms with Gasteiger partial charge in [0.25, 0.3) is 0 Å². The highest BCUT2D eigenvalue weighted by Crippen LogP contribution is 2.22. The highest BCUT2D eigenvalue weighted by atomic mass is 16.6. The molecule has 0 amide bonds. The minimum Gasteiger partial charge on any atom is -0.459 e. The van der Waals surface area contributed by atoms with Crippen LogP contribution < -0.4 is 0 Å². The van der Waals surface area contributed by atoms with Crippen molar-refractivity contribution in [3.8, 4) is 0 Å². The lowest BCUT2D eigenvalue weighted by Crippen LogP contribution is -2.20. The Balaban J connectivity index is 2.62. The van der Waals surface area contributed by atoms with Crippen LogP contribution in [0.15, 0.2) is 35.5 Å². The second-order valence-electron chi connectivity index (χ2n) is 5.36. The molecule has 23 heavy (non-hydrogen) atoms. The van der Waals surface area contributed by atoms with Crippen LogP contribution in [0, 0.1) is 0 Å². The predicted molar refractivity (Wildman–Crippen MR) is 83.4 cm³/mol. The molecular formula is C17H22O6. The average molecular weight is 322 g/mol. The maximum atomic E-state index is 12.1. The third-order valence-electron chi connectivity index (χ3n) is 3.10. The molecule has 1 rings (SSSR count). The molecule has 0 bridgehead atoms. The summed E-state index contributed by atoms with van der Waals surface area (Å²) in [7, 11) is 0. The number of rotatable bonds is 8. The maximum Gasteiger partial charge on any atom is 0.334 e. The smallest absolute Gasteiger partial charge is 0.334 e. The van der Waals surface area contributed by atoms with Gasteiger partial charge in [0, 0.05) is 23.1 Å².